The highest BCUT2D eigenvalue weighted by molar-refractivity contribution is 7.80. The minimum absolute atomic E-state index is 0.229. The minimum atomic E-state index is -1.65. The van der Waals surface area contributed by atoms with Gasteiger partial charge in [0.15, 0.2) is 0 Å². The zero-order valence-corrected chi connectivity index (χ0v) is 18.1. The van der Waals surface area contributed by atoms with Gasteiger partial charge in [-0.2, -0.15) is 12.6 Å². The van der Waals surface area contributed by atoms with Crippen LogP contribution in [0.5, 0.6) is 0 Å². The Labute approximate surface area is 184 Å². The molecule has 0 rings (SSSR count). The van der Waals surface area contributed by atoms with E-state index in [2.05, 4.69) is 28.6 Å². The Morgan fingerprint density at radius 3 is 1.77 bits per heavy atom. The number of amides is 4. The van der Waals surface area contributed by atoms with Crippen molar-refractivity contribution in [2.45, 2.75) is 57.3 Å². The molecule has 0 aliphatic heterocycles. The van der Waals surface area contributed by atoms with Crippen molar-refractivity contribution >= 4 is 48.2 Å². The summed E-state index contributed by atoms with van der Waals surface area (Å²) in [6, 6.07) is -5.38. The van der Waals surface area contributed by atoms with E-state index in [4.69, 9.17) is 21.7 Å². The molecule has 4 unspecified atom stereocenters. The zero-order valence-electron chi connectivity index (χ0n) is 17.2. The molecule has 0 aliphatic carbocycles. The number of carbonyl (C=O) groups is 6. The maximum absolute atomic E-state index is 12.6. The average molecular weight is 464 g/mol. The van der Waals surface area contributed by atoms with Crippen LogP contribution < -0.4 is 27.4 Å². The maximum atomic E-state index is 12.6. The molecule has 0 aromatic heterocycles. The number of carbonyl (C=O) groups excluding carboxylic acids is 4. The molecule has 0 fully saturated rings. The highest BCUT2D eigenvalue weighted by atomic mass is 32.1. The number of primary amides is 1. The molecule has 0 spiro atoms. The summed E-state index contributed by atoms with van der Waals surface area (Å²) in [6.45, 7) is 3.35. The first-order valence-corrected chi connectivity index (χ1v) is 9.93. The van der Waals surface area contributed by atoms with Gasteiger partial charge in [-0.25, -0.2) is 4.79 Å². The van der Waals surface area contributed by atoms with Crippen LogP contribution in [0.4, 0.5) is 0 Å². The number of nitrogens with one attached hydrogen (secondary N) is 3. The molecule has 176 valence electrons. The second kappa shape index (κ2) is 13.4. The van der Waals surface area contributed by atoms with Gasteiger partial charge in [0.2, 0.25) is 23.6 Å². The van der Waals surface area contributed by atoms with Crippen molar-refractivity contribution in [1.29, 1.82) is 0 Å². The van der Waals surface area contributed by atoms with Crippen LogP contribution in [-0.2, 0) is 28.8 Å². The van der Waals surface area contributed by atoms with E-state index in [1.165, 1.54) is 0 Å². The number of nitrogens with two attached hydrogens (primary N) is 2. The number of hydrogen-bond donors (Lipinski definition) is 8. The van der Waals surface area contributed by atoms with Gasteiger partial charge in [-0.1, -0.05) is 13.8 Å². The molecule has 0 aliphatic rings. The standard InChI is InChI=1S/C17H29N5O8S/c1-7(2)13(19)16(28)20-8(3-4-11(18)23)14(26)21-9(5-12(24)25)15(27)22-10(6-31)17(29)30/h7-10,13,31H,3-6,19H2,1-2H3,(H2,18,23)(H,20,28)(H,21,26)(H,22,27)(H,24,25)(H,29,30). The third-order valence-corrected chi connectivity index (χ3v) is 4.51. The molecule has 0 heterocycles. The number of thiol groups is 1. The summed E-state index contributed by atoms with van der Waals surface area (Å²) in [5, 5.41) is 24.6. The number of aliphatic carboxylic acids is 2. The summed E-state index contributed by atoms with van der Waals surface area (Å²) in [6.07, 6.45) is -1.38. The lowest BCUT2D eigenvalue weighted by molar-refractivity contribution is -0.143. The molecule has 0 aromatic carbocycles. The molecule has 31 heavy (non-hydrogen) atoms. The van der Waals surface area contributed by atoms with Crippen molar-refractivity contribution < 1.29 is 39.0 Å². The molecule has 0 saturated heterocycles. The van der Waals surface area contributed by atoms with Gasteiger partial charge in [0.05, 0.1) is 12.5 Å². The molecule has 4 atom stereocenters. The topological polar surface area (TPSA) is 231 Å². The van der Waals surface area contributed by atoms with Crippen molar-refractivity contribution in [3.8, 4) is 0 Å². The Morgan fingerprint density at radius 1 is 0.871 bits per heavy atom. The van der Waals surface area contributed by atoms with Gasteiger partial charge in [-0.3, -0.25) is 24.0 Å². The second-order valence-electron chi connectivity index (χ2n) is 7.08. The van der Waals surface area contributed by atoms with Crippen molar-refractivity contribution in [2.75, 3.05) is 5.75 Å². The van der Waals surface area contributed by atoms with Crippen LogP contribution in [0.2, 0.25) is 0 Å². The molecule has 9 N–H and O–H groups in total. The Balaban J connectivity index is 5.51. The SMILES string of the molecule is CC(C)C(N)C(=O)NC(CCC(N)=O)C(=O)NC(CC(=O)O)C(=O)NC(CS)C(=O)O. The summed E-state index contributed by atoms with van der Waals surface area (Å²) in [4.78, 5) is 70.5. The Hall–Kier alpha value is -2.87. The number of rotatable bonds is 14. The maximum Gasteiger partial charge on any atom is 0.327 e. The molecule has 0 bridgehead atoms. The van der Waals surface area contributed by atoms with Crippen molar-refractivity contribution in [3.63, 3.8) is 0 Å². The fraction of sp³-hybridized carbons (Fsp3) is 0.647. The van der Waals surface area contributed by atoms with E-state index in [0.29, 0.717) is 0 Å². The van der Waals surface area contributed by atoms with Crippen LogP contribution in [0.15, 0.2) is 0 Å². The van der Waals surface area contributed by atoms with Crippen LogP contribution in [0.1, 0.15) is 33.1 Å². The molecular weight excluding hydrogens is 434 g/mol. The molecule has 14 heteroatoms. The molecule has 4 amide bonds. The van der Waals surface area contributed by atoms with Crippen LogP contribution in [0, 0.1) is 5.92 Å². The number of carboxylic acid groups (broad SMARTS) is 2. The third kappa shape index (κ3) is 10.6. The van der Waals surface area contributed by atoms with E-state index in [1.54, 1.807) is 13.8 Å². The summed E-state index contributed by atoms with van der Waals surface area (Å²) < 4.78 is 0. The first kappa shape index (κ1) is 28.1. The largest absolute Gasteiger partial charge is 0.481 e. The van der Waals surface area contributed by atoms with E-state index in [1.807, 2.05) is 0 Å². The summed E-state index contributed by atoms with van der Waals surface area (Å²) in [5.41, 5.74) is 10.8. The normalized spacial score (nSPS) is 14.6. The predicted molar refractivity (Wildman–Crippen MR) is 111 cm³/mol. The lowest BCUT2D eigenvalue weighted by atomic mass is 10.0. The molecule has 0 saturated carbocycles. The van der Waals surface area contributed by atoms with Gasteiger partial charge in [-0.05, 0) is 12.3 Å². The smallest absolute Gasteiger partial charge is 0.327 e. The van der Waals surface area contributed by atoms with E-state index in [9.17, 15) is 28.8 Å². The van der Waals surface area contributed by atoms with E-state index in [0.717, 1.165) is 0 Å². The van der Waals surface area contributed by atoms with Crippen LogP contribution in [0.3, 0.4) is 0 Å². The molecular formula is C17H29N5O8S. The van der Waals surface area contributed by atoms with Gasteiger partial charge in [-0.15, -0.1) is 0 Å². The second-order valence-corrected chi connectivity index (χ2v) is 7.44. The summed E-state index contributed by atoms with van der Waals surface area (Å²) in [7, 11) is 0. The quantitative estimate of drug-likeness (QED) is 0.124. The van der Waals surface area contributed by atoms with Crippen LogP contribution in [-0.4, -0.2) is 75.7 Å². The van der Waals surface area contributed by atoms with Gasteiger partial charge in [0.1, 0.15) is 18.1 Å². The Bertz CT molecular complexity index is 702. The fourth-order valence-electron chi connectivity index (χ4n) is 2.24. The van der Waals surface area contributed by atoms with Crippen molar-refractivity contribution in [2.24, 2.45) is 17.4 Å². The van der Waals surface area contributed by atoms with E-state index < -0.39 is 66.2 Å². The lowest BCUT2D eigenvalue weighted by Crippen LogP contribution is -2.58. The monoisotopic (exact) mass is 463 g/mol. The Morgan fingerprint density at radius 2 is 1.35 bits per heavy atom. The highest BCUT2D eigenvalue weighted by Crippen LogP contribution is 2.04. The third-order valence-electron chi connectivity index (χ3n) is 4.14. The van der Waals surface area contributed by atoms with Crippen molar-refractivity contribution in [3.05, 3.63) is 0 Å². The summed E-state index contributed by atoms with van der Waals surface area (Å²) in [5.74, 6) is -6.88. The molecule has 0 radical (unpaired) electrons. The first-order chi connectivity index (χ1) is 14.3. The van der Waals surface area contributed by atoms with Gasteiger partial charge in [0, 0.05) is 12.2 Å². The molecule has 13 nitrogen and oxygen atoms in total. The number of hydrogen-bond acceptors (Lipinski definition) is 8. The van der Waals surface area contributed by atoms with Crippen molar-refractivity contribution in [1.82, 2.24) is 16.0 Å². The van der Waals surface area contributed by atoms with Crippen LogP contribution >= 0.6 is 12.6 Å². The van der Waals surface area contributed by atoms with Gasteiger partial charge < -0.3 is 37.6 Å². The average Bonchev–Trinajstić information content (AvgIpc) is 2.66. The Kier molecular flexibility index (Phi) is 12.2. The first-order valence-electron chi connectivity index (χ1n) is 9.30. The highest BCUT2D eigenvalue weighted by Gasteiger charge is 2.31. The lowest BCUT2D eigenvalue weighted by Gasteiger charge is -2.24. The van der Waals surface area contributed by atoms with Gasteiger partial charge in [0.25, 0.3) is 0 Å². The summed E-state index contributed by atoms with van der Waals surface area (Å²) >= 11 is 3.79. The zero-order chi connectivity index (χ0) is 24.3. The predicted octanol–water partition coefficient (Wildman–Crippen LogP) is -2.82. The van der Waals surface area contributed by atoms with E-state index >= 15 is 0 Å². The van der Waals surface area contributed by atoms with E-state index in [-0.39, 0.29) is 24.5 Å². The molecule has 0 aromatic rings. The van der Waals surface area contributed by atoms with Crippen LogP contribution in [0.25, 0.3) is 0 Å². The minimum Gasteiger partial charge on any atom is -0.481 e. The van der Waals surface area contributed by atoms with Gasteiger partial charge >= 0.3 is 11.9 Å². The fourth-order valence-corrected chi connectivity index (χ4v) is 2.49. The number of carboxylic acids is 2.